The lowest BCUT2D eigenvalue weighted by atomic mass is 10.2. The average molecular weight is 248 g/mol. The van der Waals surface area contributed by atoms with Gasteiger partial charge in [0.25, 0.3) is 0 Å². The van der Waals surface area contributed by atoms with Crippen molar-refractivity contribution >= 4 is 11.7 Å². The number of hydrogen-bond donors (Lipinski definition) is 2. The van der Waals surface area contributed by atoms with Gasteiger partial charge in [-0.1, -0.05) is 0 Å². The van der Waals surface area contributed by atoms with E-state index in [4.69, 9.17) is 4.42 Å². The van der Waals surface area contributed by atoms with E-state index in [2.05, 4.69) is 10.6 Å². The number of nitrogens with one attached hydrogen (secondary N) is 2. The fourth-order valence-corrected chi connectivity index (χ4v) is 1.46. The molecule has 0 aliphatic heterocycles. The lowest BCUT2D eigenvalue weighted by molar-refractivity contribution is 0.252. The third-order valence-electron chi connectivity index (χ3n) is 2.38. The second-order valence-corrected chi connectivity index (χ2v) is 3.77. The number of carbonyl (C=O) groups is 1. The Morgan fingerprint density at radius 3 is 2.67 bits per heavy atom. The molecule has 18 heavy (non-hydrogen) atoms. The van der Waals surface area contributed by atoms with Gasteiger partial charge >= 0.3 is 6.03 Å². The first-order chi connectivity index (χ1) is 8.74. The van der Waals surface area contributed by atoms with Crippen LogP contribution in [0.2, 0.25) is 0 Å². The number of halogens is 1. The van der Waals surface area contributed by atoms with Gasteiger partial charge in [0.05, 0.1) is 12.5 Å². The van der Waals surface area contributed by atoms with Crippen molar-refractivity contribution in [3.8, 4) is 0 Å². The maximum Gasteiger partial charge on any atom is 0.319 e. The van der Waals surface area contributed by atoms with Crippen molar-refractivity contribution in [1.82, 2.24) is 5.32 Å². The van der Waals surface area contributed by atoms with Crippen LogP contribution in [0.4, 0.5) is 14.9 Å². The van der Waals surface area contributed by atoms with E-state index in [1.54, 1.807) is 12.5 Å². The van der Waals surface area contributed by atoms with Gasteiger partial charge in [0.15, 0.2) is 0 Å². The minimum absolute atomic E-state index is 0.315. The summed E-state index contributed by atoms with van der Waals surface area (Å²) in [5, 5.41) is 5.31. The molecule has 2 rings (SSSR count). The van der Waals surface area contributed by atoms with E-state index in [1.807, 2.05) is 6.07 Å². The summed E-state index contributed by atoms with van der Waals surface area (Å²) in [6.45, 7) is 0.507. The fraction of sp³-hybridized carbons (Fsp3) is 0.154. The molecule has 1 heterocycles. The molecule has 1 aromatic carbocycles. The summed E-state index contributed by atoms with van der Waals surface area (Å²) in [6, 6.07) is 7.13. The van der Waals surface area contributed by atoms with Crippen LogP contribution in [-0.4, -0.2) is 12.6 Å². The molecular weight excluding hydrogens is 235 g/mol. The molecule has 4 nitrogen and oxygen atoms in total. The highest BCUT2D eigenvalue weighted by Gasteiger charge is 2.01. The Bertz CT molecular complexity index is 494. The number of benzene rings is 1. The first kappa shape index (κ1) is 12.2. The number of hydrogen-bond acceptors (Lipinski definition) is 2. The molecule has 0 saturated carbocycles. The summed E-state index contributed by atoms with van der Waals surface area (Å²) in [7, 11) is 0. The van der Waals surface area contributed by atoms with E-state index >= 15 is 0 Å². The minimum atomic E-state index is -0.332. The van der Waals surface area contributed by atoms with Gasteiger partial charge < -0.3 is 15.1 Å². The van der Waals surface area contributed by atoms with Crippen LogP contribution in [0, 0.1) is 5.82 Å². The van der Waals surface area contributed by atoms with Crippen LogP contribution in [0.1, 0.15) is 5.56 Å². The molecule has 0 aliphatic rings. The Labute approximate surface area is 104 Å². The standard InChI is InChI=1S/C13H13FN2O2/c14-11-1-3-12(4-2-11)16-13(17)15-7-5-10-6-8-18-9-10/h1-4,6,8-9H,5,7H2,(H2,15,16,17). The zero-order valence-electron chi connectivity index (χ0n) is 9.65. The third-order valence-corrected chi connectivity index (χ3v) is 2.38. The fourth-order valence-electron chi connectivity index (χ4n) is 1.46. The van der Waals surface area contributed by atoms with Gasteiger partial charge in [0.1, 0.15) is 5.82 Å². The van der Waals surface area contributed by atoms with Crippen molar-refractivity contribution in [1.29, 1.82) is 0 Å². The summed E-state index contributed by atoms with van der Waals surface area (Å²) >= 11 is 0. The molecule has 0 bridgehead atoms. The van der Waals surface area contributed by atoms with Gasteiger partial charge in [-0.3, -0.25) is 0 Å². The Morgan fingerprint density at radius 2 is 2.00 bits per heavy atom. The Morgan fingerprint density at radius 1 is 1.22 bits per heavy atom. The van der Waals surface area contributed by atoms with Crippen LogP contribution in [0.15, 0.2) is 47.3 Å². The van der Waals surface area contributed by atoms with Crippen LogP contribution >= 0.6 is 0 Å². The van der Waals surface area contributed by atoms with Crippen LogP contribution in [-0.2, 0) is 6.42 Å². The highest BCUT2D eigenvalue weighted by atomic mass is 19.1. The molecule has 0 radical (unpaired) electrons. The maximum atomic E-state index is 12.6. The zero-order chi connectivity index (χ0) is 12.8. The molecule has 2 N–H and O–H groups in total. The van der Waals surface area contributed by atoms with E-state index in [-0.39, 0.29) is 11.8 Å². The molecular formula is C13H13FN2O2. The van der Waals surface area contributed by atoms with E-state index < -0.39 is 0 Å². The van der Waals surface area contributed by atoms with Gasteiger partial charge in [0.2, 0.25) is 0 Å². The summed E-state index contributed by atoms with van der Waals surface area (Å²) in [6.07, 6.45) is 3.93. The first-order valence-electron chi connectivity index (χ1n) is 5.55. The maximum absolute atomic E-state index is 12.6. The summed E-state index contributed by atoms with van der Waals surface area (Å²) in [5.74, 6) is -0.332. The lowest BCUT2D eigenvalue weighted by Crippen LogP contribution is -2.30. The van der Waals surface area contributed by atoms with Gasteiger partial charge in [-0.15, -0.1) is 0 Å². The Balaban J connectivity index is 1.73. The quantitative estimate of drug-likeness (QED) is 0.874. The first-order valence-corrected chi connectivity index (χ1v) is 5.55. The third kappa shape index (κ3) is 3.62. The molecule has 0 saturated heterocycles. The number of amides is 2. The van der Waals surface area contributed by atoms with Crippen molar-refractivity contribution in [2.45, 2.75) is 6.42 Å². The van der Waals surface area contributed by atoms with Gasteiger partial charge in [-0.25, -0.2) is 9.18 Å². The van der Waals surface area contributed by atoms with Crippen molar-refractivity contribution < 1.29 is 13.6 Å². The Kier molecular flexibility index (Phi) is 3.96. The molecule has 94 valence electrons. The monoisotopic (exact) mass is 248 g/mol. The number of anilines is 1. The number of furan rings is 1. The summed E-state index contributed by atoms with van der Waals surface area (Å²) in [5.41, 5.74) is 1.58. The lowest BCUT2D eigenvalue weighted by Gasteiger charge is -2.06. The van der Waals surface area contributed by atoms with Crippen LogP contribution < -0.4 is 10.6 Å². The minimum Gasteiger partial charge on any atom is -0.472 e. The smallest absolute Gasteiger partial charge is 0.319 e. The molecule has 2 amide bonds. The van der Waals surface area contributed by atoms with Crippen molar-refractivity contribution in [3.63, 3.8) is 0 Å². The zero-order valence-corrected chi connectivity index (χ0v) is 9.65. The highest BCUT2D eigenvalue weighted by Crippen LogP contribution is 2.07. The number of carbonyl (C=O) groups excluding carboxylic acids is 1. The van der Waals surface area contributed by atoms with Crippen molar-refractivity contribution in [2.75, 3.05) is 11.9 Å². The normalized spacial score (nSPS) is 10.1. The molecule has 0 fully saturated rings. The van der Waals surface area contributed by atoms with Crippen LogP contribution in [0.3, 0.4) is 0 Å². The largest absolute Gasteiger partial charge is 0.472 e. The average Bonchev–Trinajstić information content (AvgIpc) is 2.85. The van der Waals surface area contributed by atoms with Gasteiger partial charge in [-0.2, -0.15) is 0 Å². The summed E-state index contributed by atoms with van der Waals surface area (Å²) in [4.78, 5) is 11.5. The van der Waals surface area contributed by atoms with E-state index in [0.29, 0.717) is 18.7 Å². The SMILES string of the molecule is O=C(NCCc1ccoc1)Nc1ccc(F)cc1. The van der Waals surface area contributed by atoms with E-state index in [0.717, 1.165) is 5.56 Å². The van der Waals surface area contributed by atoms with Crippen LogP contribution in [0.5, 0.6) is 0 Å². The second-order valence-electron chi connectivity index (χ2n) is 3.77. The van der Waals surface area contributed by atoms with E-state index in [1.165, 1.54) is 24.3 Å². The van der Waals surface area contributed by atoms with E-state index in [9.17, 15) is 9.18 Å². The molecule has 0 atom stereocenters. The highest BCUT2D eigenvalue weighted by molar-refractivity contribution is 5.89. The van der Waals surface area contributed by atoms with Crippen LogP contribution in [0.25, 0.3) is 0 Å². The molecule has 0 spiro atoms. The molecule has 0 aliphatic carbocycles. The van der Waals surface area contributed by atoms with Gasteiger partial charge in [0, 0.05) is 12.2 Å². The molecule has 5 heteroatoms. The number of urea groups is 1. The van der Waals surface area contributed by atoms with Crippen molar-refractivity contribution in [2.24, 2.45) is 0 Å². The Hall–Kier alpha value is -2.30. The van der Waals surface area contributed by atoms with Gasteiger partial charge in [-0.05, 0) is 42.3 Å². The summed E-state index contributed by atoms with van der Waals surface area (Å²) < 4.78 is 17.6. The molecule has 0 unspecified atom stereocenters. The predicted octanol–water partition coefficient (Wildman–Crippen LogP) is 2.78. The molecule has 1 aromatic heterocycles. The second kappa shape index (κ2) is 5.86. The topological polar surface area (TPSA) is 54.3 Å². The number of rotatable bonds is 4. The van der Waals surface area contributed by atoms with Crippen molar-refractivity contribution in [3.05, 3.63) is 54.2 Å². The predicted molar refractivity (Wildman–Crippen MR) is 65.8 cm³/mol. The molecule has 2 aromatic rings.